The SMILES string of the molecule is CC(C)C(NC(=O)Cc1ccccc1)C(=O)NCC1(O)CC(N)C1. The second kappa shape index (κ2) is 7.77. The average Bonchev–Trinajstić information content (AvgIpc) is 2.49. The molecule has 1 fully saturated rings. The molecule has 1 aliphatic rings. The fraction of sp³-hybridized carbons (Fsp3) is 0.556. The van der Waals surface area contributed by atoms with Gasteiger partial charge in [-0.1, -0.05) is 44.2 Å². The highest BCUT2D eigenvalue weighted by Gasteiger charge is 2.41. The van der Waals surface area contributed by atoms with Crippen LogP contribution >= 0.6 is 0 Å². The van der Waals surface area contributed by atoms with E-state index in [0.717, 1.165) is 5.56 Å². The van der Waals surface area contributed by atoms with Gasteiger partial charge in [0.05, 0.1) is 12.0 Å². The number of carbonyl (C=O) groups excluding carboxylic acids is 2. The van der Waals surface area contributed by atoms with Crippen molar-refractivity contribution < 1.29 is 14.7 Å². The van der Waals surface area contributed by atoms with Gasteiger partial charge in [0.25, 0.3) is 0 Å². The fourth-order valence-corrected chi connectivity index (χ4v) is 2.96. The smallest absolute Gasteiger partial charge is 0.242 e. The summed E-state index contributed by atoms with van der Waals surface area (Å²) in [5, 5.41) is 15.7. The fourth-order valence-electron chi connectivity index (χ4n) is 2.96. The molecule has 6 nitrogen and oxygen atoms in total. The molecule has 2 rings (SSSR count). The highest BCUT2D eigenvalue weighted by atomic mass is 16.3. The molecule has 24 heavy (non-hydrogen) atoms. The van der Waals surface area contributed by atoms with E-state index in [9.17, 15) is 14.7 Å². The number of nitrogens with one attached hydrogen (secondary N) is 2. The van der Waals surface area contributed by atoms with Crippen molar-refractivity contribution in [3.63, 3.8) is 0 Å². The van der Waals surface area contributed by atoms with E-state index in [1.54, 1.807) is 0 Å². The van der Waals surface area contributed by atoms with Crippen LogP contribution < -0.4 is 16.4 Å². The van der Waals surface area contributed by atoms with Crippen molar-refractivity contribution in [2.75, 3.05) is 6.54 Å². The van der Waals surface area contributed by atoms with Crippen molar-refractivity contribution in [2.24, 2.45) is 11.7 Å². The van der Waals surface area contributed by atoms with Gasteiger partial charge < -0.3 is 21.5 Å². The molecule has 1 aromatic carbocycles. The number of rotatable bonds is 7. The summed E-state index contributed by atoms with van der Waals surface area (Å²) in [6.45, 7) is 3.92. The maximum atomic E-state index is 12.4. The first-order valence-corrected chi connectivity index (χ1v) is 8.38. The molecule has 2 amide bonds. The summed E-state index contributed by atoms with van der Waals surface area (Å²) >= 11 is 0. The van der Waals surface area contributed by atoms with Crippen LogP contribution in [0, 0.1) is 5.92 Å². The topological polar surface area (TPSA) is 104 Å². The van der Waals surface area contributed by atoms with Crippen molar-refractivity contribution >= 4 is 11.8 Å². The summed E-state index contributed by atoms with van der Waals surface area (Å²) in [5.74, 6) is -0.525. The van der Waals surface area contributed by atoms with Crippen molar-refractivity contribution in [2.45, 2.75) is 50.8 Å². The zero-order valence-corrected chi connectivity index (χ0v) is 14.3. The minimum absolute atomic E-state index is 0.00151. The van der Waals surface area contributed by atoms with Crippen LogP contribution in [0.5, 0.6) is 0 Å². The molecular weight excluding hydrogens is 306 g/mol. The second-order valence-electron chi connectivity index (χ2n) is 7.06. The quantitative estimate of drug-likeness (QED) is 0.577. The van der Waals surface area contributed by atoms with Gasteiger partial charge in [-0.15, -0.1) is 0 Å². The molecule has 0 saturated heterocycles. The lowest BCUT2D eigenvalue weighted by Gasteiger charge is -2.42. The van der Waals surface area contributed by atoms with Crippen LogP contribution in [0.15, 0.2) is 30.3 Å². The number of aliphatic hydroxyl groups is 1. The Morgan fingerprint density at radius 1 is 1.29 bits per heavy atom. The highest BCUT2D eigenvalue weighted by molar-refractivity contribution is 5.88. The first kappa shape index (κ1) is 18.4. The van der Waals surface area contributed by atoms with Crippen LogP contribution in [-0.2, 0) is 16.0 Å². The van der Waals surface area contributed by atoms with E-state index >= 15 is 0 Å². The Labute approximate surface area is 142 Å². The Balaban J connectivity index is 1.86. The van der Waals surface area contributed by atoms with Gasteiger partial charge >= 0.3 is 0 Å². The van der Waals surface area contributed by atoms with Crippen molar-refractivity contribution in [3.05, 3.63) is 35.9 Å². The Kier molecular flexibility index (Phi) is 5.96. The Morgan fingerprint density at radius 3 is 2.46 bits per heavy atom. The Morgan fingerprint density at radius 2 is 1.92 bits per heavy atom. The molecule has 0 aliphatic heterocycles. The normalized spacial score (nSPS) is 24.1. The summed E-state index contributed by atoms with van der Waals surface area (Å²) in [7, 11) is 0. The van der Waals surface area contributed by atoms with E-state index in [0.29, 0.717) is 12.8 Å². The maximum absolute atomic E-state index is 12.4. The molecule has 1 saturated carbocycles. The number of carbonyl (C=O) groups is 2. The Hall–Kier alpha value is -1.92. The van der Waals surface area contributed by atoms with E-state index in [1.807, 2.05) is 44.2 Å². The molecule has 0 aromatic heterocycles. The lowest BCUT2D eigenvalue weighted by atomic mass is 9.76. The number of hydrogen-bond acceptors (Lipinski definition) is 4. The van der Waals surface area contributed by atoms with Gasteiger partial charge in [-0.25, -0.2) is 0 Å². The first-order chi connectivity index (χ1) is 11.3. The lowest BCUT2D eigenvalue weighted by Crippen LogP contribution is -2.59. The molecule has 0 bridgehead atoms. The monoisotopic (exact) mass is 333 g/mol. The lowest BCUT2D eigenvalue weighted by molar-refractivity contribution is -0.131. The predicted molar refractivity (Wildman–Crippen MR) is 92.1 cm³/mol. The van der Waals surface area contributed by atoms with E-state index in [4.69, 9.17) is 5.73 Å². The van der Waals surface area contributed by atoms with E-state index in [2.05, 4.69) is 10.6 Å². The third-order valence-corrected chi connectivity index (χ3v) is 4.35. The Bertz CT molecular complexity index is 568. The summed E-state index contributed by atoms with van der Waals surface area (Å²) < 4.78 is 0. The average molecular weight is 333 g/mol. The number of benzene rings is 1. The van der Waals surface area contributed by atoms with Crippen LogP contribution in [0.2, 0.25) is 0 Å². The highest BCUT2D eigenvalue weighted by Crippen LogP contribution is 2.29. The van der Waals surface area contributed by atoms with Crippen molar-refractivity contribution in [1.82, 2.24) is 10.6 Å². The first-order valence-electron chi connectivity index (χ1n) is 8.38. The van der Waals surface area contributed by atoms with Crippen molar-refractivity contribution in [3.8, 4) is 0 Å². The molecule has 0 radical (unpaired) electrons. The largest absolute Gasteiger partial charge is 0.388 e. The zero-order chi connectivity index (χ0) is 17.7. The van der Waals surface area contributed by atoms with E-state index in [1.165, 1.54) is 0 Å². The van der Waals surface area contributed by atoms with Gasteiger partial charge in [0.2, 0.25) is 11.8 Å². The van der Waals surface area contributed by atoms with Gasteiger partial charge in [-0.05, 0) is 24.3 Å². The van der Waals surface area contributed by atoms with Crippen LogP contribution in [0.25, 0.3) is 0 Å². The van der Waals surface area contributed by atoms with Gasteiger partial charge in [0.1, 0.15) is 6.04 Å². The molecule has 1 atom stereocenters. The summed E-state index contributed by atoms with van der Waals surface area (Å²) in [4.78, 5) is 24.6. The zero-order valence-electron chi connectivity index (χ0n) is 14.3. The maximum Gasteiger partial charge on any atom is 0.242 e. The molecule has 6 heteroatoms. The molecule has 0 spiro atoms. The standard InChI is InChI=1S/C18H27N3O3/c1-12(2)16(17(23)20-11-18(24)9-14(19)10-18)21-15(22)8-13-6-4-3-5-7-13/h3-7,12,14,16,24H,8-11,19H2,1-2H3,(H,20,23)(H,21,22). The predicted octanol–water partition coefficient (Wildman–Crippen LogP) is 0.338. The minimum atomic E-state index is -0.912. The summed E-state index contributed by atoms with van der Waals surface area (Å²) in [5.41, 5.74) is 5.66. The second-order valence-corrected chi connectivity index (χ2v) is 7.06. The van der Waals surface area contributed by atoms with Gasteiger partial charge in [-0.2, -0.15) is 0 Å². The van der Waals surface area contributed by atoms with E-state index in [-0.39, 0.29) is 36.7 Å². The molecule has 1 aromatic rings. The van der Waals surface area contributed by atoms with Crippen LogP contribution in [0.1, 0.15) is 32.3 Å². The van der Waals surface area contributed by atoms with Gasteiger partial charge in [-0.3, -0.25) is 9.59 Å². The van der Waals surface area contributed by atoms with E-state index < -0.39 is 11.6 Å². The van der Waals surface area contributed by atoms with Gasteiger partial charge in [0, 0.05) is 12.6 Å². The molecule has 5 N–H and O–H groups in total. The molecule has 0 heterocycles. The summed E-state index contributed by atoms with van der Waals surface area (Å²) in [6.07, 6.45) is 1.20. The van der Waals surface area contributed by atoms with Gasteiger partial charge in [0.15, 0.2) is 0 Å². The molecule has 1 unspecified atom stereocenters. The summed E-state index contributed by atoms with van der Waals surface area (Å²) in [6, 6.07) is 8.76. The van der Waals surface area contributed by atoms with Crippen LogP contribution in [-0.4, -0.2) is 41.2 Å². The third kappa shape index (κ3) is 5.04. The number of nitrogens with two attached hydrogens (primary N) is 1. The molecule has 132 valence electrons. The van der Waals surface area contributed by atoms with Crippen LogP contribution in [0.3, 0.4) is 0 Å². The number of amides is 2. The molecule has 1 aliphatic carbocycles. The number of hydrogen-bond donors (Lipinski definition) is 4. The molecular formula is C18H27N3O3. The minimum Gasteiger partial charge on any atom is -0.388 e. The third-order valence-electron chi connectivity index (χ3n) is 4.35. The van der Waals surface area contributed by atoms with Crippen LogP contribution in [0.4, 0.5) is 0 Å². The van der Waals surface area contributed by atoms with Crippen molar-refractivity contribution in [1.29, 1.82) is 0 Å².